The molecule has 0 saturated heterocycles. The van der Waals surface area contributed by atoms with Gasteiger partial charge in [0.05, 0.1) is 5.97 Å². The van der Waals surface area contributed by atoms with Gasteiger partial charge in [-0.05, 0) is 35.6 Å². The molecule has 0 unspecified atom stereocenters. The normalized spacial score (nSPS) is 12.0. The van der Waals surface area contributed by atoms with Gasteiger partial charge in [-0.3, -0.25) is 0 Å². The van der Waals surface area contributed by atoms with Crippen molar-refractivity contribution in [3.63, 3.8) is 0 Å². The Kier molecular flexibility index (Phi) is 5.85. The molecule has 0 fully saturated rings. The summed E-state index contributed by atoms with van der Waals surface area (Å²) in [5, 5.41) is 11.6. The van der Waals surface area contributed by atoms with Gasteiger partial charge in [-0.2, -0.15) is 0 Å². The maximum Gasteiger partial charge on any atom is 1.00 e. The third-order valence-electron chi connectivity index (χ3n) is 3.75. The summed E-state index contributed by atoms with van der Waals surface area (Å²) in [6.45, 7) is 4.15. The van der Waals surface area contributed by atoms with E-state index in [4.69, 9.17) is 4.74 Å². The molecule has 0 atom stereocenters. The molecule has 4 heteroatoms. The third-order valence-corrected chi connectivity index (χ3v) is 3.75. The van der Waals surface area contributed by atoms with E-state index in [1.54, 1.807) is 0 Å². The van der Waals surface area contributed by atoms with E-state index in [1.165, 1.54) is 0 Å². The molecule has 0 spiro atoms. The number of aromatic carboxylic acids is 1. The summed E-state index contributed by atoms with van der Waals surface area (Å²) in [6, 6.07) is 11.4. The van der Waals surface area contributed by atoms with Gasteiger partial charge in [0.15, 0.2) is 0 Å². The first-order valence-corrected chi connectivity index (χ1v) is 7.18. The Morgan fingerprint density at radius 3 is 2.59 bits per heavy atom. The van der Waals surface area contributed by atoms with Crippen molar-refractivity contribution in [2.75, 3.05) is 0 Å². The second-order valence-electron chi connectivity index (χ2n) is 5.85. The zero-order valence-corrected chi connectivity index (χ0v) is 16.3. The first-order chi connectivity index (χ1) is 10.1. The van der Waals surface area contributed by atoms with Crippen LogP contribution in [0.1, 0.15) is 40.9 Å². The van der Waals surface area contributed by atoms with E-state index < -0.39 is 5.97 Å². The van der Waals surface area contributed by atoms with E-state index in [1.807, 2.05) is 36.4 Å². The van der Waals surface area contributed by atoms with Gasteiger partial charge in [0, 0.05) is 17.5 Å². The minimum atomic E-state index is -1.12. The minimum absolute atomic E-state index is 0. The van der Waals surface area contributed by atoms with Crippen molar-refractivity contribution >= 4 is 5.97 Å². The van der Waals surface area contributed by atoms with Gasteiger partial charge in [-0.15, -0.1) is 0 Å². The van der Waals surface area contributed by atoms with Crippen molar-refractivity contribution < 1.29 is 66.0 Å². The Morgan fingerprint density at radius 2 is 1.91 bits per heavy atom. The number of para-hydroxylation sites is 1. The van der Waals surface area contributed by atoms with Crippen LogP contribution in [0.4, 0.5) is 0 Å². The average molecular weight is 320 g/mol. The minimum Gasteiger partial charge on any atom is -0.545 e. The van der Waals surface area contributed by atoms with Crippen LogP contribution in [-0.4, -0.2) is 5.97 Å². The van der Waals surface area contributed by atoms with Crippen molar-refractivity contribution in [2.45, 2.75) is 26.7 Å². The van der Waals surface area contributed by atoms with Crippen LogP contribution in [0.5, 0.6) is 11.5 Å². The summed E-state index contributed by atoms with van der Waals surface area (Å²) >= 11 is 0. The number of hydrogen-bond acceptors (Lipinski definition) is 3. The van der Waals surface area contributed by atoms with Crippen LogP contribution in [0.15, 0.2) is 36.4 Å². The van der Waals surface area contributed by atoms with E-state index in [9.17, 15) is 9.90 Å². The van der Waals surface area contributed by atoms with Crippen molar-refractivity contribution in [2.24, 2.45) is 5.92 Å². The van der Waals surface area contributed by atoms with Crippen LogP contribution < -0.4 is 61.2 Å². The van der Waals surface area contributed by atoms with Crippen molar-refractivity contribution in [1.29, 1.82) is 0 Å². The molecule has 0 bridgehead atoms. The molecule has 1 aliphatic rings. The number of fused-ring (bicyclic) bond motifs is 2. The standard InChI is InChI=1S/C18H18O3.K/c1-11(2)9-13-7-8-16-14(17(13)18(19)20)10-12-5-3-4-6-15(12)21-16;/h3-8,11H,9-10H2,1-2H3,(H,19,20);/q;+1/p-1. The Morgan fingerprint density at radius 1 is 1.18 bits per heavy atom. The van der Waals surface area contributed by atoms with Gasteiger partial charge in [0.1, 0.15) is 11.5 Å². The molecule has 0 aromatic heterocycles. The van der Waals surface area contributed by atoms with E-state index >= 15 is 0 Å². The number of carboxylic acids is 1. The van der Waals surface area contributed by atoms with Gasteiger partial charge in [0.25, 0.3) is 0 Å². The summed E-state index contributed by atoms with van der Waals surface area (Å²) in [6.07, 6.45) is 1.29. The third kappa shape index (κ3) is 3.47. The number of ether oxygens (including phenoxy) is 1. The first-order valence-electron chi connectivity index (χ1n) is 7.18. The van der Waals surface area contributed by atoms with Gasteiger partial charge < -0.3 is 14.6 Å². The topological polar surface area (TPSA) is 49.4 Å². The van der Waals surface area contributed by atoms with Crippen LogP contribution in [0, 0.1) is 5.92 Å². The number of carbonyl (C=O) groups excluding carboxylic acids is 1. The van der Waals surface area contributed by atoms with Crippen LogP contribution in [0.25, 0.3) is 0 Å². The predicted octanol–water partition coefficient (Wildman–Crippen LogP) is -0.0509. The zero-order valence-electron chi connectivity index (χ0n) is 13.2. The fraction of sp³-hybridized carbons (Fsp3) is 0.278. The molecule has 22 heavy (non-hydrogen) atoms. The summed E-state index contributed by atoms with van der Waals surface area (Å²) in [5.74, 6) is 0.690. The molecule has 2 aromatic rings. The largest absolute Gasteiger partial charge is 1.00 e. The van der Waals surface area contributed by atoms with Gasteiger partial charge in [-0.1, -0.05) is 38.1 Å². The van der Waals surface area contributed by atoms with Crippen LogP contribution in [-0.2, 0) is 12.8 Å². The smallest absolute Gasteiger partial charge is 0.545 e. The molecule has 1 heterocycles. The quantitative estimate of drug-likeness (QED) is 0.636. The summed E-state index contributed by atoms with van der Waals surface area (Å²) < 4.78 is 5.84. The average Bonchev–Trinajstić information content (AvgIpc) is 2.44. The van der Waals surface area contributed by atoms with Crippen molar-refractivity contribution in [3.05, 3.63) is 58.7 Å². The van der Waals surface area contributed by atoms with Crippen molar-refractivity contribution in [3.8, 4) is 11.5 Å². The van der Waals surface area contributed by atoms with Gasteiger partial charge in [-0.25, -0.2) is 0 Å². The SMILES string of the molecule is CC(C)Cc1ccc2c(c1C(=O)[O-])Cc1ccccc1O2.[K+]. The molecule has 0 radical (unpaired) electrons. The summed E-state index contributed by atoms with van der Waals surface area (Å²) in [7, 11) is 0. The number of rotatable bonds is 3. The number of carbonyl (C=O) groups is 1. The Hall–Kier alpha value is -0.654. The molecule has 0 saturated carbocycles. The molecular formula is C18H17KO3. The molecule has 0 amide bonds. The first kappa shape index (κ1) is 17.7. The van der Waals surface area contributed by atoms with Crippen LogP contribution in [0.3, 0.4) is 0 Å². The maximum atomic E-state index is 11.6. The summed E-state index contributed by atoms with van der Waals surface area (Å²) in [4.78, 5) is 11.6. The predicted molar refractivity (Wildman–Crippen MR) is 78.6 cm³/mol. The van der Waals surface area contributed by atoms with E-state index in [0.29, 0.717) is 23.7 Å². The molecule has 2 aromatic carbocycles. The molecule has 108 valence electrons. The second kappa shape index (κ2) is 7.28. The van der Waals surface area contributed by atoms with Crippen LogP contribution >= 0.6 is 0 Å². The molecular weight excluding hydrogens is 303 g/mol. The van der Waals surface area contributed by atoms with Gasteiger partial charge in [0.2, 0.25) is 0 Å². The van der Waals surface area contributed by atoms with E-state index in [-0.39, 0.29) is 51.4 Å². The number of carboxylic acid groups (broad SMARTS) is 1. The Labute approximate surface area is 173 Å². The zero-order chi connectivity index (χ0) is 15.0. The summed E-state index contributed by atoms with van der Waals surface area (Å²) in [5.41, 5.74) is 2.86. The van der Waals surface area contributed by atoms with Crippen molar-refractivity contribution in [1.82, 2.24) is 0 Å². The molecule has 3 nitrogen and oxygen atoms in total. The Bertz CT molecular complexity index is 707. The fourth-order valence-corrected chi connectivity index (χ4v) is 2.87. The molecule has 0 aliphatic carbocycles. The maximum absolute atomic E-state index is 11.6. The number of hydrogen-bond donors (Lipinski definition) is 0. The second-order valence-corrected chi connectivity index (χ2v) is 5.85. The van der Waals surface area contributed by atoms with E-state index in [2.05, 4.69) is 13.8 Å². The molecule has 3 rings (SSSR count). The number of benzene rings is 2. The van der Waals surface area contributed by atoms with E-state index in [0.717, 1.165) is 28.9 Å². The molecule has 1 aliphatic heterocycles. The monoisotopic (exact) mass is 320 g/mol. The molecule has 0 N–H and O–H groups in total. The van der Waals surface area contributed by atoms with Crippen LogP contribution in [0.2, 0.25) is 0 Å². The van der Waals surface area contributed by atoms with Gasteiger partial charge >= 0.3 is 51.4 Å². The Balaban J connectivity index is 0.00000176. The fourth-order valence-electron chi connectivity index (χ4n) is 2.87.